The number of hydrogen-bond acceptors (Lipinski definition) is 2. The maximum Gasteiger partial charge on any atom is 0.389 e. The fraction of sp³-hybridized carbons (Fsp3) is 0.636. The molecule has 2 nitrogen and oxygen atoms in total. The van der Waals surface area contributed by atoms with E-state index in [1.165, 1.54) is 0 Å². The molecular weight excluding hydrogens is 332 g/mol. The molecular formula is C11H13BrClF3N2. The summed E-state index contributed by atoms with van der Waals surface area (Å²) >= 11 is 9.13. The van der Waals surface area contributed by atoms with Gasteiger partial charge in [0.25, 0.3) is 0 Å². The van der Waals surface area contributed by atoms with Crippen LogP contribution in [0.15, 0.2) is 4.47 Å². The Labute approximate surface area is 117 Å². The van der Waals surface area contributed by atoms with Crippen LogP contribution >= 0.6 is 27.5 Å². The maximum atomic E-state index is 12.1. The van der Waals surface area contributed by atoms with Gasteiger partial charge in [0.15, 0.2) is 0 Å². The quantitative estimate of drug-likeness (QED) is 0.746. The molecule has 18 heavy (non-hydrogen) atoms. The Morgan fingerprint density at radius 1 is 1.28 bits per heavy atom. The average molecular weight is 346 g/mol. The highest BCUT2D eigenvalue weighted by Gasteiger charge is 2.27. The normalized spacial score (nSPS) is 12.2. The van der Waals surface area contributed by atoms with Crippen LogP contribution in [-0.2, 0) is 12.8 Å². The molecule has 0 saturated heterocycles. The summed E-state index contributed by atoms with van der Waals surface area (Å²) in [6.45, 7) is 4.00. The largest absolute Gasteiger partial charge is 0.389 e. The number of nitrogens with zero attached hydrogens (tertiary/aromatic N) is 2. The van der Waals surface area contributed by atoms with E-state index in [4.69, 9.17) is 11.6 Å². The summed E-state index contributed by atoms with van der Waals surface area (Å²) in [5, 5.41) is 0.165. The Hall–Kier alpha value is -0.360. The van der Waals surface area contributed by atoms with Gasteiger partial charge in [-0.1, -0.05) is 25.4 Å². The molecule has 0 aliphatic carbocycles. The van der Waals surface area contributed by atoms with E-state index in [1.807, 2.05) is 13.8 Å². The van der Waals surface area contributed by atoms with Crippen molar-refractivity contribution in [3.8, 4) is 0 Å². The lowest BCUT2D eigenvalue weighted by atomic mass is 10.1. The Kier molecular flexibility index (Phi) is 5.40. The minimum Gasteiger partial charge on any atom is -0.237 e. The number of alkyl halides is 3. The monoisotopic (exact) mass is 344 g/mol. The molecule has 0 aromatic carbocycles. The Morgan fingerprint density at radius 2 is 1.89 bits per heavy atom. The summed E-state index contributed by atoms with van der Waals surface area (Å²) in [5.74, 6) is 0.471. The third kappa shape index (κ3) is 5.10. The van der Waals surface area contributed by atoms with Gasteiger partial charge >= 0.3 is 6.18 Å². The fourth-order valence-corrected chi connectivity index (χ4v) is 1.94. The van der Waals surface area contributed by atoms with Gasteiger partial charge in [0.1, 0.15) is 11.0 Å². The first-order valence-corrected chi connectivity index (χ1v) is 6.63. The average Bonchev–Trinajstić information content (AvgIpc) is 2.20. The highest BCUT2D eigenvalue weighted by atomic mass is 79.9. The van der Waals surface area contributed by atoms with Crippen molar-refractivity contribution in [2.24, 2.45) is 5.92 Å². The molecule has 0 unspecified atom stereocenters. The molecule has 1 aromatic heterocycles. The number of rotatable bonds is 4. The van der Waals surface area contributed by atoms with Gasteiger partial charge in [-0.25, -0.2) is 9.97 Å². The van der Waals surface area contributed by atoms with Crippen molar-refractivity contribution in [1.82, 2.24) is 9.97 Å². The number of aromatic nitrogens is 2. The zero-order chi connectivity index (χ0) is 13.9. The number of hydrogen-bond donors (Lipinski definition) is 0. The van der Waals surface area contributed by atoms with Crippen LogP contribution in [-0.4, -0.2) is 16.1 Å². The summed E-state index contributed by atoms with van der Waals surface area (Å²) < 4.78 is 37.0. The summed E-state index contributed by atoms with van der Waals surface area (Å²) in [5.41, 5.74) is 0.655. The van der Waals surface area contributed by atoms with Gasteiger partial charge < -0.3 is 0 Å². The van der Waals surface area contributed by atoms with Crippen LogP contribution in [0.4, 0.5) is 13.2 Å². The molecule has 0 saturated carbocycles. The van der Waals surface area contributed by atoms with Crippen LogP contribution in [0.25, 0.3) is 0 Å². The molecule has 0 radical (unpaired) electrons. The van der Waals surface area contributed by atoms with E-state index in [0.29, 0.717) is 22.5 Å². The van der Waals surface area contributed by atoms with E-state index in [0.717, 1.165) is 0 Å². The standard InChI is InChI=1S/C11H13BrClF3N2/c1-6(2)5-7-9(12)10(13)18-8(17-7)3-4-11(14,15)16/h6H,3-5H2,1-2H3. The van der Waals surface area contributed by atoms with Crippen LogP contribution in [0.1, 0.15) is 31.8 Å². The third-order valence-corrected chi connectivity index (χ3v) is 3.49. The van der Waals surface area contributed by atoms with Gasteiger partial charge in [0.2, 0.25) is 0 Å². The minimum atomic E-state index is -4.21. The van der Waals surface area contributed by atoms with Crippen molar-refractivity contribution in [1.29, 1.82) is 0 Å². The molecule has 1 aromatic rings. The molecule has 0 bridgehead atoms. The van der Waals surface area contributed by atoms with E-state index < -0.39 is 12.6 Å². The first-order chi connectivity index (χ1) is 8.19. The SMILES string of the molecule is CC(C)Cc1nc(CCC(F)(F)F)nc(Cl)c1Br. The van der Waals surface area contributed by atoms with Crippen LogP contribution in [0.5, 0.6) is 0 Å². The maximum absolute atomic E-state index is 12.1. The predicted octanol–water partition coefficient (Wildman–Crippen LogP) is 4.59. The van der Waals surface area contributed by atoms with Gasteiger partial charge in [-0.15, -0.1) is 0 Å². The number of halogens is 5. The second-order valence-corrected chi connectivity index (χ2v) is 5.56. The van der Waals surface area contributed by atoms with Gasteiger partial charge in [-0.2, -0.15) is 13.2 Å². The smallest absolute Gasteiger partial charge is 0.237 e. The molecule has 102 valence electrons. The van der Waals surface area contributed by atoms with Crippen LogP contribution in [0.2, 0.25) is 5.15 Å². The van der Waals surface area contributed by atoms with Gasteiger partial charge in [-0.05, 0) is 28.3 Å². The first kappa shape index (κ1) is 15.7. The number of aryl methyl sites for hydroxylation is 1. The lowest BCUT2D eigenvalue weighted by Crippen LogP contribution is -2.11. The van der Waals surface area contributed by atoms with E-state index in [1.54, 1.807) is 0 Å². The van der Waals surface area contributed by atoms with E-state index in [-0.39, 0.29) is 17.4 Å². The fourth-order valence-electron chi connectivity index (χ4n) is 1.40. The van der Waals surface area contributed by atoms with Crippen molar-refractivity contribution < 1.29 is 13.2 Å². The van der Waals surface area contributed by atoms with Crippen LogP contribution in [0, 0.1) is 5.92 Å². The van der Waals surface area contributed by atoms with Crippen LogP contribution < -0.4 is 0 Å². The van der Waals surface area contributed by atoms with Crippen LogP contribution in [0.3, 0.4) is 0 Å². The first-order valence-electron chi connectivity index (χ1n) is 5.46. The third-order valence-electron chi connectivity index (χ3n) is 2.16. The highest BCUT2D eigenvalue weighted by Crippen LogP contribution is 2.27. The minimum absolute atomic E-state index is 0.135. The van der Waals surface area contributed by atoms with Crippen molar-refractivity contribution >= 4 is 27.5 Å². The zero-order valence-electron chi connectivity index (χ0n) is 9.98. The predicted molar refractivity (Wildman–Crippen MR) is 67.7 cm³/mol. The summed E-state index contributed by atoms with van der Waals surface area (Å²) in [6, 6.07) is 0. The Bertz CT molecular complexity index is 421. The molecule has 0 aliphatic heterocycles. The highest BCUT2D eigenvalue weighted by molar-refractivity contribution is 9.10. The lowest BCUT2D eigenvalue weighted by Gasteiger charge is -2.11. The van der Waals surface area contributed by atoms with E-state index in [9.17, 15) is 13.2 Å². The second-order valence-electron chi connectivity index (χ2n) is 4.40. The molecule has 1 heterocycles. The van der Waals surface area contributed by atoms with Crippen molar-refractivity contribution in [3.63, 3.8) is 0 Å². The molecule has 0 spiro atoms. The van der Waals surface area contributed by atoms with Gasteiger partial charge in [0.05, 0.1) is 16.6 Å². The molecule has 0 aliphatic rings. The summed E-state index contributed by atoms with van der Waals surface area (Å²) in [6.07, 6.45) is -4.75. The molecule has 0 atom stereocenters. The van der Waals surface area contributed by atoms with E-state index >= 15 is 0 Å². The van der Waals surface area contributed by atoms with Gasteiger partial charge in [-0.3, -0.25) is 0 Å². The second kappa shape index (κ2) is 6.19. The zero-order valence-corrected chi connectivity index (χ0v) is 12.3. The van der Waals surface area contributed by atoms with Crippen molar-refractivity contribution in [3.05, 3.63) is 21.1 Å². The summed E-state index contributed by atoms with van der Waals surface area (Å²) in [7, 11) is 0. The van der Waals surface area contributed by atoms with Crippen molar-refractivity contribution in [2.75, 3.05) is 0 Å². The Balaban J connectivity index is 2.90. The molecule has 7 heteroatoms. The summed E-state index contributed by atoms with van der Waals surface area (Å²) in [4.78, 5) is 7.99. The van der Waals surface area contributed by atoms with E-state index in [2.05, 4.69) is 25.9 Å². The molecule has 0 amide bonds. The lowest BCUT2D eigenvalue weighted by molar-refractivity contribution is -0.134. The Morgan fingerprint density at radius 3 is 2.39 bits per heavy atom. The van der Waals surface area contributed by atoms with Crippen molar-refractivity contribution in [2.45, 2.75) is 39.3 Å². The molecule has 0 N–H and O–H groups in total. The van der Waals surface area contributed by atoms with Gasteiger partial charge in [0, 0.05) is 6.42 Å². The molecule has 0 fully saturated rings. The topological polar surface area (TPSA) is 25.8 Å². The molecule has 1 rings (SSSR count).